The number of thiophene rings is 1. The van der Waals surface area contributed by atoms with E-state index >= 15 is 0 Å². The molecule has 128 valence electrons. The average Bonchev–Trinajstić information content (AvgIpc) is 3.00. The number of hydrogen-bond donors (Lipinski definition) is 0. The quantitative estimate of drug-likeness (QED) is 0.724. The van der Waals surface area contributed by atoms with Gasteiger partial charge in [-0.3, -0.25) is 13.9 Å². The maximum Gasteiger partial charge on any atom is 0.331 e. The van der Waals surface area contributed by atoms with Gasteiger partial charge in [0.15, 0.2) is 0 Å². The normalized spacial score (nSPS) is 11.2. The van der Waals surface area contributed by atoms with Gasteiger partial charge in [0.1, 0.15) is 4.83 Å². The summed E-state index contributed by atoms with van der Waals surface area (Å²) in [5, 5.41) is 9.61. The van der Waals surface area contributed by atoms with Crippen molar-refractivity contribution < 1.29 is 0 Å². The van der Waals surface area contributed by atoms with E-state index in [9.17, 15) is 9.59 Å². The Bertz CT molecular complexity index is 1100. The van der Waals surface area contributed by atoms with Gasteiger partial charge in [0.2, 0.25) is 0 Å². The van der Waals surface area contributed by atoms with Crippen LogP contribution < -0.4 is 11.2 Å². The van der Waals surface area contributed by atoms with Gasteiger partial charge in [-0.25, -0.2) is 4.79 Å². The Labute approximate surface area is 149 Å². The molecule has 0 aliphatic rings. The molecule has 0 atom stereocenters. The van der Waals surface area contributed by atoms with E-state index in [1.807, 2.05) is 38.1 Å². The van der Waals surface area contributed by atoms with Crippen LogP contribution in [0, 0.1) is 17.2 Å². The monoisotopic (exact) mass is 353 g/mol. The van der Waals surface area contributed by atoms with Crippen LogP contribution in [0.3, 0.4) is 0 Å². The van der Waals surface area contributed by atoms with Crippen molar-refractivity contribution in [2.45, 2.75) is 26.8 Å². The Morgan fingerprint density at radius 1 is 1.24 bits per heavy atom. The van der Waals surface area contributed by atoms with Crippen LogP contribution in [0.1, 0.15) is 29.9 Å². The van der Waals surface area contributed by atoms with Crippen molar-refractivity contribution in [1.82, 2.24) is 9.13 Å². The fourth-order valence-electron chi connectivity index (χ4n) is 2.89. The molecular weight excluding hydrogens is 334 g/mol. The summed E-state index contributed by atoms with van der Waals surface area (Å²) in [6.45, 7) is 4.67. The first-order valence-electron chi connectivity index (χ1n) is 8.12. The maximum atomic E-state index is 12.5. The maximum absolute atomic E-state index is 12.5. The zero-order valence-corrected chi connectivity index (χ0v) is 15.3. The van der Waals surface area contributed by atoms with Crippen LogP contribution in [0.4, 0.5) is 0 Å². The average molecular weight is 353 g/mol. The minimum Gasteiger partial charge on any atom is -0.284 e. The van der Waals surface area contributed by atoms with E-state index in [2.05, 4.69) is 6.07 Å². The van der Waals surface area contributed by atoms with Crippen LogP contribution in [0.2, 0.25) is 0 Å². The summed E-state index contributed by atoms with van der Waals surface area (Å²) in [4.78, 5) is 26.7. The minimum absolute atomic E-state index is 0.256. The van der Waals surface area contributed by atoms with Crippen molar-refractivity contribution in [2.75, 3.05) is 0 Å². The highest BCUT2D eigenvalue weighted by Crippen LogP contribution is 2.25. The number of benzene rings is 1. The summed E-state index contributed by atoms with van der Waals surface area (Å²) >= 11 is 1.48. The molecule has 0 saturated carbocycles. The highest BCUT2D eigenvalue weighted by molar-refractivity contribution is 7.18. The molecule has 6 heteroatoms. The third kappa shape index (κ3) is 3.28. The fraction of sp³-hybridized carbons (Fsp3) is 0.316. The Balaban J connectivity index is 2.13. The van der Waals surface area contributed by atoms with Crippen LogP contribution in [-0.4, -0.2) is 9.13 Å². The third-order valence-corrected chi connectivity index (χ3v) is 5.20. The van der Waals surface area contributed by atoms with Crippen LogP contribution in [0.5, 0.6) is 0 Å². The SMILES string of the molecule is CC(C)Cn1c(=O)n(C)c(=O)c2cc(Cc3cccc(C#N)c3)sc21. The van der Waals surface area contributed by atoms with Gasteiger partial charge in [0.25, 0.3) is 5.56 Å². The van der Waals surface area contributed by atoms with Crippen molar-refractivity contribution in [3.8, 4) is 6.07 Å². The lowest BCUT2D eigenvalue weighted by atomic mass is 10.1. The second-order valence-electron chi connectivity index (χ2n) is 6.57. The first-order chi connectivity index (χ1) is 11.9. The van der Waals surface area contributed by atoms with Crippen molar-refractivity contribution in [1.29, 1.82) is 5.26 Å². The summed E-state index contributed by atoms with van der Waals surface area (Å²) in [5.74, 6) is 0.302. The molecule has 3 rings (SSSR count). The largest absolute Gasteiger partial charge is 0.331 e. The van der Waals surface area contributed by atoms with Gasteiger partial charge in [-0.15, -0.1) is 11.3 Å². The van der Waals surface area contributed by atoms with Gasteiger partial charge in [-0.2, -0.15) is 5.26 Å². The number of hydrogen-bond acceptors (Lipinski definition) is 4. The lowest BCUT2D eigenvalue weighted by Gasteiger charge is -2.11. The van der Waals surface area contributed by atoms with Crippen LogP contribution in [-0.2, 0) is 20.0 Å². The van der Waals surface area contributed by atoms with Crippen LogP contribution in [0.25, 0.3) is 10.2 Å². The Morgan fingerprint density at radius 2 is 2.00 bits per heavy atom. The van der Waals surface area contributed by atoms with Gasteiger partial charge >= 0.3 is 5.69 Å². The predicted octanol–water partition coefficient (Wildman–Crippen LogP) is 2.88. The highest BCUT2D eigenvalue weighted by Gasteiger charge is 2.15. The molecule has 25 heavy (non-hydrogen) atoms. The topological polar surface area (TPSA) is 67.8 Å². The van der Waals surface area contributed by atoms with Gasteiger partial charge < -0.3 is 0 Å². The molecule has 0 aliphatic carbocycles. The smallest absolute Gasteiger partial charge is 0.284 e. The summed E-state index contributed by atoms with van der Waals surface area (Å²) in [5.41, 5.74) is 1.10. The number of nitriles is 1. The zero-order chi connectivity index (χ0) is 18.1. The second kappa shape index (κ2) is 6.69. The molecule has 2 aromatic heterocycles. The summed E-state index contributed by atoms with van der Waals surface area (Å²) in [7, 11) is 1.52. The molecule has 2 heterocycles. The second-order valence-corrected chi connectivity index (χ2v) is 7.69. The fourth-order valence-corrected chi connectivity index (χ4v) is 4.07. The lowest BCUT2D eigenvalue weighted by molar-refractivity contribution is 0.504. The molecule has 0 bridgehead atoms. The van der Waals surface area contributed by atoms with Gasteiger partial charge in [0.05, 0.1) is 17.0 Å². The Hall–Kier alpha value is -2.65. The molecule has 0 aliphatic heterocycles. The molecule has 3 aromatic rings. The standard InChI is InChI=1S/C19H19N3O2S/c1-12(2)11-22-18-16(17(23)21(3)19(22)24)9-15(25-18)8-13-5-4-6-14(7-13)10-20/h4-7,9,12H,8,11H2,1-3H3. The molecule has 0 unspecified atom stereocenters. The van der Waals surface area contributed by atoms with Crippen molar-refractivity contribution >= 4 is 21.6 Å². The van der Waals surface area contributed by atoms with Gasteiger partial charge in [-0.1, -0.05) is 26.0 Å². The number of fused-ring (bicyclic) bond motifs is 1. The molecule has 0 fully saturated rings. The zero-order valence-electron chi connectivity index (χ0n) is 14.4. The first-order valence-corrected chi connectivity index (χ1v) is 8.93. The van der Waals surface area contributed by atoms with Crippen molar-refractivity contribution in [3.05, 3.63) is 67.2 Å². The lowest BCUT2D eigenvalue weighted by Crippen LogP contribution is -2.38. The van der Waals surface area contributed by atoms with Crippen LogP contribution >= 0.6 is 11.3 Å². The van der Waals surface area contributed by atoms with E-state index in [-0.39, 0.29) is 11.2 Å². The highest BCUT2D eigenvalue weighted by atomic mass is 32.1. The Morgan fingerprint density at radius 3 is 2.68 bits per heavy atom. The first kappa shape index (κ1) is 17.2. The molecule has 0 saturated heterocycles. The molecule has 1 aromatic carbocycles. The van der Waals surface area contributed by atoms with Gasteiger partial charge in [0, 0.05) is 24.9 Å². The third-order valence-electron chi connectivity index (χ3n) is 4.04. The number of rotatable bonds is 4. The minimum atomic E-state index is -0.272. The molecule has 0 radical (unpaired) electrons. The molecule has 0 N–H and O–H groups in total. The number of aromatic nitrogens is 2. The van der Waals surface area contributed by atoms with E-state index in [0.29, 0.717) is 29.8 Å². The van der Waals surface area contributed by atoms with Crippen molar-refractivity contribution in [3.63, 3.8) is 0 Å². The van der Waals surface area contributed by atoms with Gasteiger partial charge in [-0.05, 0) is 29.7 Å². The van der Waals surface area contributed by atoms with E-state index in [0.717, 1.165) is 15.3 Å². The summed E-state index contributed by atoms with van der Waals surface area (Å²) in [6.07, 6.45) is 0.633. The van der Waals surface area contributed by atoms with Crippen molar-refractivity contribution in [2.24, 2.45) is 13.0 Å². The molecule has 0 amide bonds. The molecule has 5 nitrogen and oxygen atoms in total. The Kier molecular flexibility index (Phi) is 4.60. The molecular formula is C19H19N3O2S. The molecule has 0 spiro atoms. The van der Waals surface area contributed by atoms with E-state index in [1.165, 1.54) is 23.0 Å². The van der Waals surface area contributed by atoms with E-state index in [4.69, 9.17) is 5.26 Å². The number of nitrogens with zero attached hydrogens (tertiary/aromatic N) is 3. The van der Waals surface area contributed by atoms with E-state index < -0.39 is 0 Å². The van der Waals surface area contributed by atoms with E-state index in [1.54, 1.807) is 10.6 Å². The summed E-state index contributed by atoms with van der Waals surface area (Å²) < 4.78 is 2.87. The van der Waals surface area contributed by atoms with Crippen LogP contribution in [0.15, 0.2) is 39.9 Å². The summed E-state index contributed by atoms with van der Waals surface area (Å²) in [6, 6.07) is 11.4. The predicted molar refractivity (Wildman–Crippen MR) is 100 cm³/mol.